The number of alkyl halides is 2. The van der Waals surface area contributed by atoms with Crippen molar-refractivity contribution in [2.45, 2.75) is 26.3 Å². The molecule has 1 aromatic carbocycles. The first-order valence-electron chi connectivity index (χ1n) is 6.31. The predicted molar refractivity (Wildman–Crippen MR) is 71.1 cm³/mol. The Bertz CT molecular complexity index is 606. The molecule has 20 heavy (non-hydrogen) atoms. The van der Waals surface area contributed by atoms with Gasteiger partial charge in [0.1, 0.15) is 5.82 Å². The third kappa shape index (κ3) is 2.95. The molecule has 0 spiro atoms. The molecule has 2 N–H and O–H groups in total. The van der Waals surface area contributed by atoms with Gasteiger partial charge in [-0.1, -0.05) is 0 Å². The van der Waals surface area contributed by atoms with E-state index in [9.17, 15) is 13.2 Å². The second kappa shape index (κ2) is 5.56. The topological polar surface area (TPSA) is 31.7 Å². The zero-order valence-corrected chi connectivity index (χ0v) is 11.5. The van der Waals surface area contributed by atoms with E-state index < -0.39 is 12.2 Å². The molecule has 2 aromatic rings. The normalized spacial score (nSPS) is 11.4. The van der Waals surface area contributed by atoms with Crippen molar-refractivity contribution < 1.29 is 17.9 Å². The van der Waals surface area contributed by atoms with Gasteiger partial charge < -0.3 is 5.32 Å². The first-order chi connectivity index (χ1) is 9.38. The third-order valence-corrected chi connectivity index (χ3v) is 2.89. The number of rotatable bonds is 4. The number of aromatic nitrogens is 2. The summed E-state index contributed by atoms with van der Waals surface area (Å²) >= 11 is 0. The largest absolute Gasteiger partial charge is 0.380 e. The van der Waals surface area contributed by atoms with Crippen LogP contribution >= 0.6 is 0 Å². The van der Waals surface area contributed by atoms with Crippen LogP contribution in [0.25, 0.3) is 11.1 Å². The summed E-state index contributed by atoms with van der Waals surface area (Å²) in [6.07, 6.45) is 0.533. The second-order valence-corrected chi connectivity index (χ2v) is 4.99. The number of halogens is 3. The summed E-state index contributed by atoms with van der Waals surface area (Å²) < 4.78 is 42.0. The van der Waals surface area contributed by atoms with Crippen LogP contribution < -0.4 is 10.00 Å². The zero-order valence-electron chi connectivity index (χ0n) is 11.5. The average Bonchev–Trinajstić information content (AvgIpc) is 2.77. The Balaban J connectivity index is 2.54. The van der Waals surface area contributed by atoms with Crippen LogP contribution in [0.2, 0.25) is 0 Å². The summed E-state index contributed by atoms with van der Waals surface area (Å²) in [5, 5.41) is 5.66. The summed E-state index contributed by atoms with van der Waals surface area (Å²) in [4.78, 5) is 0. The summed E-state index contributed by atoms with van der Waals surface area (Å²) in [5.74, 6) is -0.540. The molecule has 6 heteroatoms. The van der Waals surface area contributed by atoms with Crippen molar-refractivity contribution in [3.63, 3.8) is 0 Å². The summed E-state index contributed by atoms with van der Waals surface area (Å²) in [6.45, 7) is 3.64. The molecule has 0 aliphatic rings. The van der Waals surface area contributed by atoms with E-state index in [1.165, 1.54) is 6.07 Å². The fourth-order valence-electron chi connectivity index (χ4n) is 2.04. The molecule has 0 amide bonds. The van der Waals surface area contributed by atoms with E-state index >= 15 is 0 Å². The van der Waals surface area contributed by atoms with Crippen LogP contribution in [0.3, 0.4) is 0 Å². The molecule has 1 aromatic heterocycles. The van der Waals surface area contributed by atoms with Crippen LogP contribution in [-0.2, 0) is 7.05 Å². The van der Waals surface area contributed by atoms with Crippen molar-refractivity contribution in [2.75, 3.05) is 5.32 Å². The Morgan fingerprint density at radius 1 is 1.25 bits per heavy atom. The maximum atomic E-state index is 14.0. The molecule has 2 rings (SSSR count). The molecule has 1 heterocycles. The van der Waals surface area contributed by atoms with Gasteiger partial charge in [0, 0.05) is 17.2 Å². The van der Waals surface area contributed by atoms with Crippen LogP contribution in [-0.4, -0.2) is 11.1 Å². The lowest BCUT2D eigenvalue weighted by Gasteiger charge is -2.14. The van der Waals surface area contributed by atoms with E-state index in [-0.39, 0.29) is 22.9 Å². The number of aromatic amines is 1. The van der Waals surface area contributed by atoms with Gasteiger partial charge in [-0.3, -0.25) is 0 Å². The lowest BCUT2D eigenvalue weighted by molar-refractivity contribution is -0.726. The smallest absolute Gasteiger partial charge is 0.264 e. The van der Waals surface area contributed by atoms with Crippen LogP contribution in [0.4, 0.5) is 18.9 Å². The summed E-state index contributed by atoms with van der Waals surface area (Å²) in [7, 11) is 1.73. The number of nitrogens with zero attached hydrogens (tertiary/aromatic N) is 1. The molecule has 0 unspecified atom stereocenters. The predicted octanol–water partition coefficient (Wildman–Crippen LogP) is 3.40. The van der Waals surface area contributed by atoms with Crippen molar-refractivity contribution in [1.82, 2.24) is 5.10 Å². The van der Waals surface area contributed by atoms with Crippen molar-refractivity contribution in [3.05, 3.63) is 35.9 Å². The number of hydrogen-bond acceptors (Lipinski definition) is 1. The first-order valence-corrected chi connectivity index (χ1v) is 6.31. The number of anilines is 1. The quantitative estimate of drug-likeness (QED) is 0.828. The molecule has 0 aliphatic carbocycles. The fourth-order valence-corrected chi connectivity index (χ4v) is 2.04. The van der Waals surface area contributed by atoms with Crippen LogP contribution in [0.15, 0.2) is 24.5 Å². The van der Waals surface area contributed by atoms with Crippen molar-refractivity contribution in [2.24, 2.45) is 7.05 Å². The van der Waals surface area contributed by atoms with Crippen molar-refractivity contribution >= 4 is 5.69 Å². The van der Waals surface area contributed by atoms with Crippen LogP contribution in [0.5, 0.6) is 0 Å². The summed E-state index contributed by atoms with van der Waals surface area (Å²) in [6, 6.07) is 2.29. The van der Waals surface area contributed by atoms with Gasteiger partial charge in [-0.05, 0) is 26.0 Å². The molecule has 0 saturated carbocycles. The van der Waals surface area contributed by atoms with Crippen LogP contribution in [0.1, 0.15) is 25.8 Å². The number of H-pyrrole nitrogens is 1. The number of aryl methyl sites for hydroxylation is 1. The van der Waals surface area contributed by atoms with Gasteiger partial charge in [0.15, 0.2) is 7.05 Å². The Hall–Kier alpha value is -1.98. The molecular formula is C14H17F3N3+. The molecule has 0 bridgehead atoms. The number of hydrogen-bond donors (Lipinski definition) is 2. The molecule has 108 valence electrons. The Morgan fingerprint density at radius 2 is 1.95 bits per heavy atom. The van der Waals surface area contributed by atoms with Gasteiger partial charge in [-0.15, -0.1) is 4.68 Å². The van der Waals surface area contributed by atoms with Gasteiger partial charge in [0.05, 0.1) is 17.4 Å². The highest BCUT2D eigenvalue weighted by atomic mass is 19.3. The van der Waals surface area contributed by atoms with Gasteiger partial charge in [-0.2, -0.15) is 5.10 Å². The van der Waals surface area contributed by atoms with Gasteiger partial charge >= 0.3 is 0 Å². The van der Waals surface area contributed by atoms with E-state index in [2.05, 4.69) is 10.4 Å². The van der Waals surface area contributed by atoms with Crippen molar-refractivity contribution in [3.8, 4) is 11.1 Å². The molecule has 0 saturated heterocycles. The number of nitrogens with one attached hydrogen (secondary N) is 2. The number of benzene rings is 1. The Kier molecular flexibility index (Phi) is 4.01. The molecule has 0 radical (unpaired) electrons. The SMILES string of the molecule is CC(C)Nc1cc(C(F)F)c(-c2c[nH][n+](C)c2)cc1F. The Labute approximate surface area is 115 Å². The minimum atomic E-state index is -2.67. The lowest BCUT2D eigenvalue weighted by atomic mass is 10.0. The molecule has 0 atom stereocenters. The first kappa shape index (κ1) is 14.4. The minimum absolute atomic E-state index is 0.0362. The van der Waals surface area contributed by atoms with Gasteiger partial charge in [0.25, 0.3) is 6.43 Å². The summed E-state index contributed by atoms with van der Waals surface area (Å²) in [5.41, 5.74) is 0.634. The maximum absolute atomic E-state index is 14.0. The van der Waals surface area contributed by atoms with Crippen molar-refractivity contribution in [1.29, 1.82) is 0 Å². The molecular weight excluding hydrogens is 267 g/mol. The van der Waals surface area contributed by atoms with E-state index in [4.69, 9.17) is 0 Å². The highest BCUT2D eigenvalue weighted by molar-refractivity contribution is 5.69. The van der Waals surface area contributed by atoms with Gasteiger partial charge in [-0.25, -0.2) is 13.2 Å². The van der Waals surface area contributed by atoms with E-state index in [1.54, 1.807) is 24.1 Å². The van der Waals surface area contributed by atoms with E-state index in [0.29, 0.717) is 5.56 Å². The highest BCUT2D eigenvalue weighted by Crippen LogP contribution is 2.34. The average molecular weight is 284 g/mol. The maximum Gasteiger partial charge on any atom is 0.264 e. The minimum Gasteiger partial charge on any atom is -0.380 e. The van der Waals surface area contributed by atoms with E-state index in [0.717, 1.165) is 6.07 Å². The van der Waals surface area contributed by atoms with E-state index in [1.807, 2.05) is 13.8 Å². The lowest BCUT2D eigenvalue weighted by Crippen LogP contribution is -2.27. The Morgan fingerprint density at radius 3 is 2.45 bits per heavy atom. The molecule has 0 aliphatic heterocycles. The van der Waals surface area contributed by atoms with Gasteiger partial charge in [0.2, 0.25) is 6.20 Å². The molecule has 3 nitrogen and oxygen atoms in total. The second-order valence-electron chi connectivity index (χ2n) is 4.99. The van der Waals surface area contributed by atoms with Crippen LogP contribution in [0, 0.1) is 5.82 Å². The standard InChI is InChI=1S/C14H16F3N3/c1-8(2)19-13-5-11(14(16)17)10(4-12(13)15)9-6-18-20(3)7-9/h4-8,14,19H,1-3H3/p+1. The zero-order chi connectivity index (χ0) is 14.9. The monoisotopic (exact) mass is 284 g/mol. The molecule has 0 fully saturated rings. The fraction of sp³-hybridized carbons (Fsp3) is 0.357. The highest BCUT2D eigenvalue weighted by Gasteiger charge is 2.20. The third-order valence-electron chi connectivity index (χ3n) is 2.89.